The van der Waals surface area contributed by atoms with Crippen molar-refractivity contribution in [1.29, 1.82) is 0 Å². The fourth-order valence-corrected chi connectivity index (χ4v) is 3.18. The highest BCUT2D eigenvalue weighted by Gasteiger charge is 2.67. The van der Waals surface area contributed by atoms with E-state index in [0.29, 0.717) is 11.8 Å². The van der Waals surface area contributed by atoms with Gasteiger partial charge in [-0.1, -0.05) is 38.5 Å². The maximum absolute atomic E-state index is 11.4. The van der Waals surface area contributed by atoms with Crippen LogP contribution in [0.2, 0.25) is 0 Å². The van der Waals surface area contributed by atoms with Gasteiger partial charge in [0.2, 0.25) is 5.24 Å². The molecule has 2 rings (SSSR count). The fourth-order valence-electron chi connectivity index (χ4n) is 2.93. The number of rotatable bonds is 3. The fraction of sp³-hybridized carbons (Fsp3) is 0.615. The minimum atomic E-state index is -0.304. The molecule has 0 aliphatic heterocycles. The lowest BCUT2D eigenvalue weighted by Gasteiger charge is -2.11. The van der Waals surface area contributed by atoms with Crippen molar-refractivity contribution in [3.05, 3.63) is 23.3 Å². The van der Waals surface area contributed by atoms with E-state index in [1.165, 1.54) is 11.1 Å². The van der Waals surface area contributed by atoms with Crippen molar-refractivity contribution in [2.75, 3.05) is 0 Å². The van der Waals surface area contributed by atoms with Crippen LogP contribution in [-0.4, -0.2) is 5.24 Å². The molecule has 0 amide bonds. The molecule has 0 radical (unpaired) electrons. The zero-order valence-corrected chi connectivity index (χ0v) is 10.3. The molecule has 0 spiro atoms. The number of hydrogen-bond donors (Lipinski definition) is 0. The van der Waals surface area contributed by atoms with E-state index < -0.39 is 0 Å². The standard InChI is InChI=1S/C13H17ClO/c1-4-8(5-2)9-6-7-10-11(9)13(10,3)12(14)15/h6-7,10-11H,4-5H2,1-3H3/t10-,11+,13+/m1/s1. The summed E-state index contributed by atoms with van der Waals surface area (Å²) in [6, 6.07) is 0. The zero-order chi connectivity index (χ0) is 11.2. The second-order valence-electron chi connectivity index (χ2n) is 4.68. The predicted molar refractivity (Wildman–Crippen MR) is 62.7 cm³/mol. The molecule has 0 aromatic carbocycles. The van der Waals surface area contributed by atoms with E-state index in [4.69, 9.17) is 11.6 Å². The summed E-state index contributed by atoms with van der Waals surface area (Å²) in [7, 11) is 0. The lowest BCUT2D eigenvalue weighted by molar-refractivity contribution is -0.116. The number of allylic oxidation sites excluding steroid dienone is 4. The normalized spacial score (nSPS) is 36.7. The van der Waals surface area contributed by atoms with Crippen molar-refractivity contribution in [2.45, 2.75) is 33.6 Å². The molecule has 0 aromatic rings. The van der Waals surface area contributed by atoms with Crippen molar-refractivity contribution in [2.24, 2.45) is 17.3 Å². The zero-order valence-electron chi connectivity index (χ0n) is 9.51. The van der Waals surface area contributed by atoms with Crippen LogP contribution in [0.4, 0.5) is 0 Å². The average molecular weight is 225 g/mol. The lowest BCUT2D eigenvalue weighted by Crippen LogP contribution is -2.11. The molecule has 0 N–H and O–H groups in total. The van der Waals surface area contributed by atoms with Crippen LogP contribution in [0.15, 0.2) is 23.3 Å². The highest BCUT2D eigenvalue weighted by molar-refractivity contribution is 6.65. The van der Waals surface area contributed by atoms with Gasteiger partial charge in [-0.15, -0.1) is 0 Å². The van der Waals surface area contributed by atoms with Gasteiger partial charge in [0.25, 0.3) is 0 Å². The molecule has 3 atom stereocenters. The van der Waals surface area contributed by atoms with Crippen molar-refractivity contribution < 1.29 is 4.79 Å². The van der Waals surface area contributed by atoms with E-state index in [1.54, 1.807) is 0 Å². The Morgan fingerprint density at radius 3 is 2.47 bits per heavy atom. The van der Waals surface area contributed by atoms with Gasteiger partial charge in [-0.2, -0.15) is 0 Å². The highest BCUT2D eigenvalue weighted by Crippen LogP contribution is 2.67. The molecular weight excluding hydrogens is 208 g/mol. The van der Waals surface area contributed by atoms with Gasteiger partial charge in [0.1, 0.15) is 0 Å². The molecule has 1 fully saturated rings. The predicted octanol–water partition coefficient (Wildman–Crippen LogP) is 3.69. The Morgan fingerprint density at radius 2 is 2.07 bits per heavy atom. The third kappa shape index (κ3) is 1.32. The van der Waals surface area contributed by atoms with Gasteiger partial charge >= 0.3 is 0 Å². The van der Waals surface area contributed by atoms with E-state index in [0.717, 1.165) is 12.8 Å². The Hall–Kier alpha value is -0.560. The Kier molecular flexibility index (Phi) is 2.54. The number of carbonyl (C=O) groups is 1. The molecular formula is C13H17ClO. The molecule has 0 heterocycles. The number of carbonyl (C=O) groups excluding carboxylic acids is 1. The molecule has 15 heavy (non-hydrogen) atoms. The third-order valence-electron chi connectivity index (χ3n) is 4.09. The molecule has 2 heteroatoms. The Morgan fingerprint density at radius 1 is 1.47 bits per heavy atom. The van der Waals surface area contributed by atoms with Crippen LogP contribution in [0.25, 0.3) is 0 Å². The van der Waals surface area contributed by atoms with Crippen LogP contribution in [0.3, 0.4) is 0 Å². The SMILES string of the molecule is CCC(CC)=C1C=C[C@@H]2[C@H]1[C@@]2(C)C(=O)Cl. The first-order valence-electron chi connectivity index (χ1n) is 5.67. The molecule has 2 aliphatic carbocycles. The van der Waals surface area contributed by atoms with Crippen LogP contribution in [-0.2, 0) is 4.79 Å². The largest absolute Gasteiger partial charge is 0.281 e. The first kappa shape index (κ1) is 10.9. The van der Waals surface area contributed by atoms with Crippen LogP contribution >= 0.6 is 11.6 Å². The monoisotopic (exact) mass is 224 g/mol. The Balaban J connectivity index is 2.33. The summed E-state index contributed by atoms with van der Waals surface area (Å²) < 4.78 is 0. The van der Waals surface area contributed by atoms with Crippen molar-refractivity contribution in [1.82, 2.24) is 0 Å². The summed E-state index contributed by atoms with van der Waals surface area (Å²) in [5.74, 6) is 0.739. The molecule has 0 saturated heterocycles. The van der Waals surface area contributed by atoms with E-state index in [-0.39, 0.29) is 10.7 Å². The minimum Gasteiger partial charge on any atom is -0.281 e. The summed E-state index contributed by atoms with van der Waals surface area (Å²) in [6.07, 6.45) is 6.50. The Labute approximate surface area is 96.2 Å². The molecule has 1 nitrogen and oxygen atoms in total. The summed E-state index contributed by atoms with van der Waals surface area (Å²) >= 11 is 5.68. The average Bonchev–Trinajstić information content (AvgIpc) is 2.60. The molecule has 0 unspecified atom stereocenters. The van der Waals surface area contributed by atoms with Crippen LogP contribution in [0.5, 0.6) is 0 Å². The summed E-state index contributed by atoms with van der Waals surface area (Å²) in [6.45, 7) is 6.34. The van der Waals surface area contributed by atoms with E-state index >= 15 is 0 Å². The van der Waals surface area contributed by atoms with Crippen molar-refractivity contribution >= 4 is 16.8 Å². The van der Waals surface area contributed by atoms with Gasteiger partial charge in [-0.25, -0.2) is 0 Å². The van der Waals surface area contributed by atoms with Gasteiger partial charge in [0, 0.05) is 5.92 Å². The van der Waals surface area contributed by atoms with E-state index in [1.807, 2.05) is 6.92 Å². The molecule has 0 bridgehead atoms. The Bertz CT molecular complexity index is 361. The van der Waals surface area contributed by atoms with Gasteiger partial charge in [0.15, 0.2) is 0 Å². The smallest absolute Gasteiger partial charge is 0.228 e. The minimum absolute atomic E-state index is 0.175. The van der Waals surface area contributed by atoms with Crippen LogP contribution in [0.1, 0.15) is 33.6 Å². The van der Waals surface area contributed by atoms with Gasteiger partial charge in [-0.05, 0) is 35.9 Å². The first-order valence-corrected chi connectivity index (χ1v) is 6.05. The quantitative estimate of drug-likeness (QED) is 0.669. The molecule has 82 valence electrons. The van der Waals surface area contributed by atoms with Gasteiger partial charge in [-0.3, -0.25) is 4.79 Å². The van der Waals surface area contributed by atoms with E-state index in [9.17, 15) is 4.79 Å². The van der Waals surface area contributed by atoms with Crippen LogP contribution < -0.4 is 0 Å². The van der Waals surface area contributed by atoms with Crippen molar-refractivity contribution in [3.63, 3.8) is 0 Å². The van der Waals surface area contributed by atoms with Crippen LogP contribution in [0, 0.1) is 17.3 Å². The summed E-state index contributed by atoms with van der Waals surface area (Å²) in [5.41, 5.74) is 2.54. The highest BCUT2D eigenvalue weighted by atomic mass is 35.5. The topological polar surface area (TPSA) is 17.1 Å². The summed E-state index contributed by atoms with van der Waals surface area (Å²) in [5, 5.41) is -0.175. The first-order chi connectivity index (χ1) is 7.07. The molecule has 1 saturated carbocycles. The number of fused-ring (bicyclic) bond motifs is 1. The number of hydrogen-bond acceptors (Lipinski definition) is 1. The second kappa shape index (κ2) is 3.48. The summed E-state index contributed by atoms with van der Waals surface area (Å²) in [4.78, 5) is 11.4. The molecule has 2 aliphatic rings. The lowest BCUT2D eigenvalue weighted by atomic mass is 9.94. The maximum Gasteiger partial charge on any atom is 0.228 e. The number of halogens is 1. The molecule has 0 aromatic heterocycles. The maximum atomic E-state index is 11.4. The second-order valence-corrected chi connectivity index (χ2v) is 5.03. The van der Waals surface area contributed by atoms with Crippen molar-refractivity contribution in [3.8, 4) is 0 Å². The van der Waals surface area contributed by atoms with E-state index in [2.05, 4.69) is 26.0 Å². The van der Waals surface area contributed by atoms with Gasteiger partial charge in [0.05, 0.1) is 5.41 Å². The third-order valence-corrected chi connectivity index (χ3v) is 4.50. The van der Waals surface area contributed by atoms with Gasteiger partial charge < -0.3 is 0 Å².